The molecular formula is C61H106O12. The maximum Gasteiger partial charge on any atom is 0.335 e. The molecule has 0 aromatic heterocycles. The van der Waals surface area contributed by atoms with E-state index in [-0.39, 0.29) is 25.9 Å². The molecule has 422 valence electrons. The molecule has 1 saturated heterocycles. The van der Waals surface area contributed by atoms with E-state index in [2.05, 4.69) is 57.2 Å². The van der Waals surface area contributed by atoms with Crippen molar-refractivity contribution in [3.8, 4) is 0 Å². The summed E-state index contributed by atoms with van der Waals surface area (Å²) in [6, 6.07) is 0. The molecule has 1 fully saturated rings. The Bertz CT molecular complexity index is 1460. The predicted molar refractivity (Wildman–Crippen MR) is 294 cm³/mol. The summed E-state index contributed by atoms with van der Waals surface area (Å²) in [5, 5.41) is 31.5. The zero-order chi connectivity index (χ0) is 53.3. The number of aliphatic hydroxyl groups is 2. The summed E-state index contributed by atoms with van der Waals surface area (Å²) in [4.78, 5) is 51.0. The molecule has 0 bridgehead atoms. The molecule has 0 saturated carbocycles. The first-order chi connectivity index (χ1) is 35.6. The molecule has 0 aliphatic carbocycles. The summed E-state index contributed by atoms with van der Waals surface area (Å²) in [5.74, 6) is -3.21. The van der Waals surface area contributed by atoms with Crippen molar-refractivity contribution in [1.29, 1.82) is 0 Å². The van der Waals surface area contributed by atoms with Gasteiger partial charge in [0, 0.05) is 19.3 Å². The van der Waals surface area contributed by atoms with E-state index in [4.69, 9.17) is 23.7 Å². The third kappa shape index (κ3) is 39.7. The quantitative estimate of drug-likeness (QED) is 0.0228. The van der Waals surface area contributed by atoms with E-state index < -0.39 is 67.3 Å². The molecular weight excluding hydrogens is 925 g/mol. The molecule has 1 aliphatic heterocycles. The molecule has 0 amide bonds. The first kappa shape index (κ1) is 67.7. The van der Waals surface area contributed by atoms with Crippen LogP contribution in [0.5, 0.6) is 0 Å². The highest BCUT2D eigenvalue weighted by Crippen LogP contribution is 2.26. The van der Waals surface area contributed by atoms with Crippen LogP contribution < -0.4 is 0 Å². The number of hydrogen-bond acceptors (Lipinski definition) is 11. The van der Waals surface area contributed by atoms with Crippen molar-refractivity contribution >= 4 is 23.9 Å². The molecule has 1 rings (SSSR count). The lowest BCUT2D eigenvalue weighted by molar-refractivity contribution is -0.301. The van der Waals surface area contributed by atoms with Crippen molar-refractivity contribution in [3.63, 3.8) is 0 Å². The monoisotopic (exact) mass is 1030 g/mol. The third-order valence-corrected chi connectivity index (χ3v) is 13.4. The second kappa shape index (κ2) is 49.6. The second-order valence-corrected chi connectivity index (χ2v) is 20.3. The van der Waals surface area contributed by atoms with Crippen LogP contribution in [0.15, 0.2) is 48.6 Å². The van der Waals surface area contributed by atoms with E-state index >= 15 is 0 Å². The van der Waals surface area contributed by atoms with Crippen molar-refractivity contribution in [2.75, 3.05) is 13.2 Å². The van der Waals surface area contributed by atoms with Crippen LogP contribution in [0, 0.1) is 0 Å². The summed E-state index contributed by atoms with van der Waals surface area (Å²) < 4.78 is 28.3. The van der Waals surface area contributed by atoms with Gasteiger partial charge >= 0.3 is 23.9 Å². The van der Waals surface area contributed by atoms with Crippen LogP contribution >= 0.6 is 0 Å². The minimum atomic E-state index is -1.91. The van der Waals surface area contributed by atoms with E-state index in [0.717, 1.165) is 70.6 Å². The number of carboxylic acids is 1. The summed E-state index contributed by atoms with van der Waals surface area (Å²) in [5.41, 5.74) is 0. The van der Waals surface area contributed by atoms with Gasteiger partial charge in [0.1, 0.15) is 18.8 Å². The van der Waals surface area contributed by atoms with Gasteiger partial charge in [-0.2, -0.15) is 0 Å². The van der Waals surface area contributed by atoms with Crippen LogP contribution in [-0.2, 0) is 42.9 Å². The lowest BCUT2D eigenvalue weighted by atomic mass is 9.98. The number of rotatable bonds is 50. The summed E-state index contributed by atoms with van der Waals surface area (Å²) in [6.45, 7) is 5.83. The smallest absolute Gasteiger partial charge is 0.335 e. The van der Waals surface area contributed by atoms with Crippen LogP contribution in [0.3, 0.4) is 0 Å². The number of hydrogen-bond donors (Lipinski definition) is 3. The largest absolute Gasteiger partial charge is 0.479 e. The second-order valence-electron chi connectivity index (χ2n) is 20.3. The molecule has 0 radical (unpaired) electrons. The predicted octanol–water partition coefficient (Wildman–Crippen LogP) is 15.0. The average molecular weight is 1030 g/mol. The van der Waals surface area contributed by atoms with Gasteiger partial charge in [0.25, 0.3) is 0 Å². The van der Waals surface area contributed by atoms with Crippen LogP contribution in [0.2, 0.25) is 0 Å². The zero-order valence-corrected chi connectivity index (χ0v) is 46.4. The van der Waals surface area contributed by atoms with Crippen LogP contribution in [0.25, 0.3) is 0 Å². The Balaban J connectivity index is 2.71. The molecule has 12 heteroatoms. The molecule has 6 atom stereocenters. The average Bonchev–Trinajstić information content (AvgIpc) is 3.37. The van der Waals surface area contributed by atoms with E-state index in [9.17, 15) is 34.5 Å². The van der Waals surface area contributed by atoms with Crippen LogP contribution in [0.4, 0.5) is 0 Å². The zero-order valence-electron chi connectivity index (χ0n) is 46.4. The summed E-state index contributed by atoms with van der Waals surface area (Å²) >= 11 is 0. The lowest BCUT2D eigenvalue weighted by Gasteiger charge is -2.40. The normalized spacial score (nSPS) is 18.6. The highest BCUT2D eigenvalue weighted by molar-refractivity contribution is 5.74. The maximum atomic E-state index is 13.1. The molecule has 73 heavy (non-hydrogen) atoms. The van der Waals surface area contributed by atoms with Gasteiger partial charge in [0.05, 0.1) is 6.61 Å². The number of unbranched alkanes of at least 4 members (excludes halogenated alkanes) is 28. The number of carboxylic acid groups (broad SMARTS) is 1. The Hall–Kier alpha value is -3.32. The first-order valence-corrected chi connectivity index (χ1v) is 29.6. The molecule has 6 unspecified atom stereocenters. The molecule has 3 N–H and O–H groups in total. The highest BCUT2D eigenvalue weighted by Gasteiger charge is 2.50. The number of ether oxygens (including phenoxy) is 5. The van der Waals surface area contributed by atoms with Gasteiger partial charge < -0.3 is 39.0 Å². The Morgan fingerprint density at radius 2 is 0.863 bits per heavy atom. The molecule has 1 aliphatic rings. The fourth-order valence-electron chi connectivity index (χ4n) is 8.91. The SMILES string of the molecule is CC/C=C\C/C=C\C/C=C\C/C=C\CCC(=O)OC(COC(=O)CCCCCCCCCCCCCCCCC)COC1OC(C(=O)O)C(O)C(O)C1OC(=O)CCCCCCCCCCCCCCCCC. The number of aliphatic hydroxyl groups excluding tert-OH is 2. The Kier molecular flexibility index (Phi) is 45.9. The highest BCUT2D eigenvalue weighted by atomic mass is 16.7. The van der Waals surface area contributed by atoms with Crippen LogP contribution in [0.1, 0.15) is 265 Å². The number of allylic oxidation sites excluding steroid dienone is 8. The molecule has 0 aromatic rings. The van der Waals surface area contributed by atoms with Crippen molar-refractivity contribution in [1.82, 2.24) is 0 Å². The number of esters is 3. The van der Waals surface area contributed by atoms with Gasteiger partial charge in [-0.1, -0.05) is 249 Å². The molecule has 1 heterocycles. The van der Waals surface area contributed by atoms with E-state index in [1.165, 1.54) is 135 Å². The molecule has 0 aromatic carbocycles. The summed E-state index contributed by atoms with van der Waals surface area (Å²) in [7, 11) is 0. The van der Waals surface area contributed by atoms with Crippen molar-refractivity contribution in [3.05, 3.63) is 48.6 Å². The Morgan fingerprint density at radius 1 is 0.466 bits per heavy atom. The van der Waals surface area contributed by atoms with E-state index in [1.807, 2.05) is 12.2 Å². The topological polar surface area (TPSA) is 175 Å². The number of carbonyl (C=O) groups excluding carboxylic acids is 3. The van der Waals surface area contributed by atoms with Crippen molar-refractivity contribution in [2.45, 2.75) is 302 Å². The Morgan fingerprint density at radius 3 is 1.29 bits per heavy atom. The van der Waals surface area contributed by atoms with Gasteiger partial charge in [-0.3, -0.25) is 14.4 Å². The minimum Gasteiger partial charge on any atom is -0.479 e. The Labute approximate surface area is 443 Å². The lowest BCUT2D eigenvalue weighted by Crippen LogP contribution is -2.61. The van der Waals surface area contributed by atoms with Gasteiger partial charge in [0.15, 0.2) is 24.6 Å². The fourth-order valence-corrected chi connectivity index (χ4v) is 8.91. The van der Waals surface area contributed by atoms with Crippen molar-refractivity contribution in [2.24, 2.45) is 0 Å². The van der Waals surface area contributed by atoms with Gasteiger partial charge in [-0.05, 0) is 44.9 Å². The van der Waals surface area contributed by atoms with E-state index in [1.54, 1.807) is 0 Å². The van der Waals surface area contributed by atoms with Crippen LogP contribution in [-0.4, -0.2) is 89.2 Å². The van der Waals surface area contributed by atoms with Crippen molar-refractivity contribution < 1.29 is 58.2 Å². The molecule has 0 spiro atoms. The number of carbonyl (C=O) groups is 4. The van der Waals surface area contributed by atoms with E-state index in [0.29, 0.717) is 19.3 Å². The van der Waals surface area contributed by atoms with Gasteiger partial charge in [-0.15, -0.1) is 0 Å². The summed E-state index contributed by atoms with van der Waals surface area (Å²) in [6.07, 6.45) is 46.7. The van der Waals surface area contributed by atoms with Gasteiger partial charge in [0.2, 0.25) is 0 Å². The third-order valence-electron chi connectivity index (χ3n) is 13.4. The molecule has 12 nitrogen and oxygen atoms in total. The minimum absolute atomic E-state index is 0.0449. The number of aliphatic carboxylic acids is 1. The van der Waals surface area contributed by atoms with Gasteiger partial charge in [-0.25, -0.2) is 4.79 Å². The maximum absolute atomic E-state index is 13.1. The first-order valence-electron chi connectivity index (χ1n) is 29.6. The standard InChI is InChI=1S/C61H106O12/c1-4-7-10-13-16-19-22-25-27-30-32-35-38-41-44-47-53(62)69-50-52(71-54(63)48-45-42-39-36-33-29-24-21-18-15-12-9-6-3)51-70-61-59(57(66)56(65)58(73-61)60(67)68)72-55(64)49-46-43-40-37-34-31-28-26-23-20-17-14-11-8-5-2/h9,12,18,21,29,33,39,42,52,56-59,61,65-66H,4-8,10-11,13-17,19-20,22-28,30-32,34-38,40-41,43-51H2,1-3H3,(H,67,68)/b12-9-,21-18-,33-29-,42-39-. The fraction of sp³-hybridized carbons (Fsp3) is 0.803.